The molecule has 1 aliphatic carbocycles. The van der Waals surface area contributed by atoms with Crippen LogP contribution in [-0.4, -0.2) is 37.6 Å². The van der Waals surface area contributed by atoms with Gasteiger partial charge in [0.15, 0.2) is 0 Å². The van der Waals surface area contributed by atoms with Gasteiger partial charge in [-0.1, -0.05) is 13.8 Å². The molecule has 2 heteroatoms. The molecule has 2 rings (SSSR count). The van der Waals surface area contributed by atoms with Gasteiger partial charge in [-0.25, -0.2) is 0 Å². The normalized spacial score (nSPS) is 32.1. The maximum atomic E-state index is 3.80. The molecule has 16 heavy (non-hydrogen) atoms. The molecule has 1 N–H and O–H groups in total. The van der Waals surface area contributed by atoms with E-state index in [9.17, 15) is 0 Å². The Morgan fingerprint density at radius 1 is 1.19 bits per heavy atom. The fourth-order valence-corrected chi connectivity index (χ4v) is 3.13. The first-order valence-corrected chi connectivity index (χ1v) is 6.97. The van der Waals surface area contributed by atoms with Gasteiger partial charge in [0, 0.05) is 12.6 Å². The van der Waals surface area contributed by atoms with Crippen molar-refractivity contribution in [3.05, 3.63) is 0 Å². The number of nitrogens with one attached hydrogen (secondary N) is 1. The second kappa shape index (κ2) is 5.05. The largest absolute Gasteiger partial charge is 0.314 e. The minimum atomic E-state index is 0.603. The van der Waals surface area contributed by atoms with Crippen LogP contribution in [0.4, 0.5) is 0 Å². The van der Waals surface area contributed by atoms with Crippen molar-refractivity contribution >= 4 is 0 Å². The zero-order valence-corrected chi connectivity index (χ0v) is 11.3. The highest BCUT2D eigenvalue weighted by Gasteiger charge is 2.27. The Kier molecular flexibility index (Phi) is 3.91. The Balaban J connectivity index is 1.64. The summed E-state index contributed by atoms with van der Waals surface area (Å²) in [6.45, 7) is 8.66. The summed E-state index contributed by atoms with van der Waals surface area (Å²) in [6, 6.07) is 0.805. The molecule has 0 amide bonds. The first-order valence-electron chi connectivity index (χ1n) is 6.97. The second-order valence-electron chi connectivity index (χ2n) is 6.76. The summed E-state index contributed by atoms with van der Waals surface area (Å²) >= 11 is 0. The first kappa shape index (κ1) is 12.4. The molecule has 1 unspecified atom stereocenters. The Morgan fingerprint density at radius 2 is 1.88 bits per heavy atom. The number of hydrogen-bond acceptors (Lipinski definition) is 2. The van der Waals surface area contributed by atoms with E-state index >= 15 is 0 Å². The molecule has 1 heterocycles. The summed E-state index contributed by atoms with van der Waals surface area (Å²) in [6.07, 6.45) is 6.96. The molecule has 94 valence electrons. The van der Waals surface area contributed by atoms with Crippen molar-refractivity contribution in [2.24, 2.45) is 11.3 Å². The van der Waals surface area contributed by atoms with Crippen LogP contribution in [0.15, 0.2) is 0 Å². The summed E-state index contributed by atoms with van der Waals surface area (Å²) < 4.78 is 0. The molecule has 0 aromatic rings. The molecule has 2 fully saturated rings. The standard InChI is InChI=1S/C14H28N2/c1-14(2)7-4-13(5-8-14)15-10-12-6-9-16(3)11-12/h12-13,15H,4-11H2,1-3H3. The molecule has 0 radical (unpaired) electrons. The number of hydrogen-bond donors (Lipinski definition) is 1. The highest BCUT2D eigenvalue weighted by Crippen LogP contribution is 2.35. The maximum absolute atomic E-state index is 3.80. The summed E-state index contributed by atoms with van der Waals surface area (Å²) in [5.41, 5.74) is 0.603. The third kappa shape index (κ3) is 3.46. The van der Waals surface area contributed by atoms with Gasteiger partial charge >= 0.3 is 0 Å². The van der Waals surface area contributed by atoms with Gasteiger partial charge in [0.25, 0.3) is 0 Å². The van der Waals surface area contributed by atoms with E-state index in [1.165, 1.54) is 51.7 Å². The van der Waals surface area contributed by atoms with Crippen molar-refractivity contribution < 1.29 is 0 Å². The fourth-order valence-electron chi connectivity index (χ4n) is 3.13. The fraction of sp³-hybridized carbons (Fsp3) is 1.00. The zero-order chi connectivity index (χ0) is 11.6. The van der Waals surface area contributed by atoms with Gasteiger partial charge in [-0.05, 0) is 63.6 Å². The topological polar surface area (TPSA) is 15.3 Å². The molecule has 1 aliphatic heterocycles. The van der Waals surface area contributed by atoms with Crippen LogP contribution in [0, 0.1) is 11.3 Å². The molecular weight excluding hydrogens is 196 g/mol. The SMILES string of the molecule is CN1CCC(CNC2CCC(C)(C)CC2)C1. The van der Waals surface area contributed by atoms with Gasteiger partial charge in [-0.3, -0.25) is 0 Å². The quantitative estimate of drug-likeness (QED) is 0.792. The van der Waals surface area contributed by atoms with Crippen LogP contribution in [-0.2, 0) is 0 Å². The van der Waals surface area contributed by atoms with Gasteiger partial charge in [0.2, 0.25) is 0 Å². The predicted octanol–water partition coefficient (Wildman–Crippen LogP) is 2.50. The molecule has 0 aromatic carbocycles. The lowest BCUT2D eigenvalue weighted by Crippen LogP contribution is -2.38. The van der Waals surface area contributed by atoms with Crippen LogP contribution in [0.3, 0.4) is 0 Å². The Bertz CT molecular complexity index is 215. The average molecular weight is 224 g/mol. The molecule has 0 bridgehead atoms. The molecule has 0 aromatic heterocycles. The van der Waals surface area contributed by atoms with Gasteiger partial charge in [0.05, 0.1) is 0 Å². The predicted molar refractivity (Wildman–Crippen MR) is 69.6 cm³/mol. The summed E-state index contributed by atoms with van der Waals surface area (Å²) in [5.74, 6) is 0.903. The van der Waals surface area contributed by atoms with Crippen LogP contribution in [0.1, 0.15) is 46.0 Å². The number of likely N-dealkylation sites (tertiary alicyclic amines) is 1. The van der Waals surface area contributed by atoms with E-state index in [0.717, 1.165) is 12.0 Å². The van der Waals surface area contributed by atoms with Crippen LogP contribution in [0.2, 0.25) is 0 Å². The summed E-state index contributed by atoms with van der Waals surface area (Å²) in [5, 5.41) is 3.80. The molecule has 2 aliphatic rings. The third-order valence-electron chi connectivity index (χ3n) is 4.52. The van der Waals surface area contributed by atoms with E-state index in [2.05, 4.69) is 31.1 Å². The van der Waals surface area contributed by atoms with E-state index in [1.54, 1.807) is 0 Å². The van der Waals surface area contributed by atoms with E-state index in [1.807, 2.05) is 0 Å². The van der Waals surface area contributed by atoms with E-state index in [4.69, 9.17) is 0 Å². The Labute approximate surface area is 101 Å². The average Bonchev–Trinajstić information content (AvgIpc) is 2.63. The summed E-state index contributed by atoms with van der Waals surface area (Å²) in [4.78, 5) is 2.45. The maximum Gasteiger partial charge on any atom is 0.00675 e. The van der Waals surface area contributed by atoms with Crippen LogP contribution in [0.5, 0.6) is 0 Å². The molecule has 0 spiro atoms. The molecule has 1 atom stereocenters. The lowest BCUT2D eigenvalue weighted by Gasteiger charge is -2.35. The molecule has 1 saturated carbocycles. The smallest absolute Gasteiger partial charge is 0.00675 e. The zero-order valence-electron chi connectivity index (χ0n) is 11.3. The lowest BCUT2D eigenvalue weighted by atomic mass is 9.75. The third-order valence-corrected chi connectivity index (χ3v) is 4.52. The monoisotopic (exact) mass is 224 g/mol. The highest BCUT2D eigenvalue weighted by atomic mass is 15.1. The van der Waals surface area contributed by atoms with E-state index < -0.39 is 0 Å². The van der Waals surface area contributed by atoms with E-state index in [-0.39, 0.29) is 0 Å². The van der Waals surface area contributed by atoms with Crippen molar-refractivity contribution in [3.8, 4) is 0 Å². The first-order chi connectivity index (χ1) is 7.55. The van der Waals surface area contributed by atoms with Gasteiger partial charge < -0.3 is 10.2 Å². The Morgan fingerprint density at radius 3 is 2.44 bits per heavy atom. The Hall–Kier alpha value is -0.0800. The van der Waals surface area contributed by atoms with Crippen molar-refractivity contribution in [1.82, 2.24) is 10.2 Å². The molecular formula is C14H28N2. The molecule has 1 saturated heterocycles. The van der Waals surface area contributed by atoms with Crippen molar-refractivity contribution in [2.45, 2.75) is 52.0 Å². The van der Waals surface area contributed by atoms with E-state index in [0.29, 0.717) is 5.41 Å². The number of nitrogens with zero attached hydrogens (tertiary/aromatic N) is 1. The lowest BCUT2D eigenvalue weighted by molar-refractivity contribution is 0.203. The minimum Gasteiger partial charge on any atom is -0.314 e. The summed E-state index contributed by atoms with van der Waals surface area (Å²) in [7, 11) is 2.24. The highest BCUT2D eigenvalue weighted by molar-refractivity contribution is 4.83. The second-order valence-corrected chi connectivity index (χ2v) is 6.76. The van der Waals surface area contributed by atoms with Crippen molar-refractivity contribution in [1.29, 1.82) is 0 Å². The number of rotatable bonds is 3. The molecule has 2 nitrogen and oxygen atoms in total. The van der Waals surface area contributed by atoms with Crippen molar-refractivity contribution in [2.75, 3.05) is 26.7 Å². The van der Waals surface area contributed by atoms with Gasteiger partial charge in [-0.2, -0.15) is 0 Å². The van der Waals surface area contributed by atoms with Gasteiger partial charge in [-0.15, -0.1) is 0 Å². The van der Waals surface area contributed by atoms with Crippen molar-refractivity contribution in [3.63, 3.8) is 0 Å². The van der Waals surface area contributed by atoms with Crippen LogP contribution >= 0.6 is 0 Å². The van der Waals surface area contributed by atoms with Crippen LogP contribution < -0.4 is 5.32 Å². The minimum absolute atomic E-state index is 0.603. The van der Waals surface area contributed by atoms with Crippen LogP contribution in [0.25, 0.3) is 0 Å². The van der Waals surface area contributed by atoms with Gasteiger partial charge in [0.1, 0.15) is 0 Å².